The highest BCUT2D eigenvalue weighted by atomic mass is 35.5. The van der Waals surface area contributed by atoms with Crippen LogP contribution >= 0.6 is 11.6 Å². The second kappa shape index (κ2) is 8.24. The van der Waals surface area contributed by atoms with Gasteiger partial charge in [-0.25, -0.2) is 4.79 Å². The van der Waals surface area contributed by atoms with Gasteiger partial charge in [0.25, 0.3) is 0 Å². The highest BCUT2D eigenvalue weighted by Gasteiger charge is 2.18. The number of quaternary nitrogens is 1. The monoisotopic (exact) mass is 404 g/mol. The van der Waals surface area contributed by atoms with Gasteiger partial charge in [0.2, 0.25) is 0 Å². The zero-order chi connectivity index (χ0) is 20.4. The molecule has 1 heterocycles. The third-order valence-corrected chi connectivity index (χ3v) is 5.69. The van der Waals surface area contributed by atoms with Crippen molar-refractivity contribution in [3.05, 3.63) is 116 Å². The van der Waals surface area contributed by atoms with Gasteiger partial charge in [0.15, 0.2) is 0 Å². The summed E-state index contributed by atoms with van der Waals surface area (Å²) in [5, 5.41) is 3.81. The van der Waals surface area contributed by atoms with Crippen LogP contribution in [0.1, 0.15) is 33.9 Å². The minimum absolute atomic E-state index is 0.125. The number of rotatable bonds is 5. The van der Waals surface area contributed by atoms with Crippen molar-refractivity contribution in [2.45, 2.75) is 26.4 Å². The third-order valence-electron chi connectivity index (χ3n) is 5.28. The van der Waals surface area contributed by atoms with E-state index in [-0.39, 0.29) is 11.7 Å². The molecule has 1 atom stereocenters. The Hall–Kier alpha value is -2.88. The standard InChI is InChI=1S/C25H22ClNO2/c1-16-8-10-19(11-9-16)25(18-6-4-3-5-7-18)27-15-20-13-24(28)29-23-12-17(2)22(26)14-21(20)23/h3-14,25,27H,15H2,1-2H3/p+1/t25-/m0/s1. The zero-order valence-corrected chi connectivity index (χ0v) is 17.2. The van der Waals surface area contributed by atoms with Crippen LogP contribution in [0.4, 0.5) is 0 Å². The van der Waals surface area contributed by atoms with Crippen LogP contribution < -0.4 is 10.9 Å². The molecule has 2 N–H and O–H groups in total. The maximum absolute atomic E-state index is 12.1. The summed E-state index contributed by atoms with van der Waals surface area (Å²) in [5.41, 5.74) is 5.73. The van der Waals surface area contributed by atoms with Crippen LogP contribution in [0.25, 0.3) is 11.0 Å². The largest absolute Gasteiger partial charge is 0.423 e. The van der Waals surface area contributed by atoms with Crippen LogP contribution in [0.5, 0.6) is 0 Å². The van der Waals surface area contributed by atoms with Gasteiger partial charge in [-0.3, -0.25) is 0 Å². The van der Waals surface area contributed by atoms with E-state index < -0.39 is 0 Å². The molecule has 0 spiro atoms. The molecule has 0 radical (unpaired) electrons. The summed E-state index contributed by atoms with van der Waals surface area (Å²) in [6, 6.07) is 24.4. The molecule has 0 aliphatic heterocycles. The van der Waals surface area contributed by atoms with Gasteiger partial charge in [0, 0.05) is 33.2 Å². The maximum Gasteiger partial charge on any atom is 0.336 e. The summed E-state index contributed by atoms with van der Waals surface area (Å²) in [7, 11) is 0. The second-order valence-electron chi connectivity index (χ2n) is 7.43. The van der Waals surface area contributed by atoms with Gasteiger partial charge in [0.05, 0.1) is 0 Å². The summed E-state index contributed by atoms with van der Waals surface area (Å²) in [6.45, 7) is 4.63. The summed E-state index contributed by atoms with van der Waals surface area (Å²) in [5.74, 6) is 0. The van der Waals surface area contributed by atoms with Crippen molar-refractivity contribution in [3.8, 4) is 0 Å². The van der Waals surface area contributed by atoms with E-state index in [1.807, 2.05) is 25.1 Å². The number of hydrogen-bond donors (Lipinski definition) is 1. The van der Waals surface area contributed by atoms with Gasteiger partial charge in [-0.2, -0.15) is 0 Å². The molecule has 0 unspecified atom stereocenters. The lowest BCUT2D eigenvalue weighted by Crippen LogP contribution is -2.84. The lowest BCUT2D eigenvalue weighted by Gasteiger charge is -2.17. The predicted molar refractivity (Wildman–Crippen MR) is 117 cm³/mol. The van der Waals surface area contributed by atoms with Crippen LogP contribution in [0, 0.1) is 13.8 Å². The molecule has 0 bridgehead atoms. The molecule has 29 heavy (non-hydrogen) atoms. The number of nitrogens with two attached hydrogens (primary N) is 1. The number of halogens is 1. The molecule has 0 saturated heterocycles. The van der Waals surface area contributed by atoms with Crippen molar-refractivity contribution < 1.29 is 9.73 Å². The maximum atomic E-state index is 12.1. The SMILES string of the molecule is Cc1ccc([C@@H]([NH2+]Cc2cc(=O)oc3cc(C)c(Cl)cc23)c2ccccc2)cc1. The van der Waals surface area contributed by atoms with E-state index in [1.54, 1.807) is 6.07 Å². The molecule has 0 saturated carbocycles. The molecule has 0 amide bonds. The van der Waals surface area contributed by atoms with E-state index in [0.717, 1.165) is 16.5 Å². The van der Waals surface area contributed by atoms with Crippen LogP contribution in [0.3, 0.4) is 0 Å². The second-order valence-corrected chi connectivity index (χ2v) is 7.83. The Labute approximate surface area is 175 Å². The van der Waals surface area contributed by atoms with Gasteiger partial charge >= 0.3 is 5.63 Å². The Balaban J connectivity index is 1.72. The summed E-state index contributed by atoms with van der Waals surface area (Å²) >= 11 is 6.34. The first-order valence-electron chi connectivity index (χ1n) is 9.69. The highest BCUT2D eigenvalue weighted by Crippen LogP contribution is 2.25. The lowest BCUT2D eigenvalue weighted by molar-refractivity contribution is -0.702. The van der Waals surface area contributed by atoms with E-state index in [4.69, 9.17) is 16.0 Å². The molecular formula is C25H23ClNO2+. The Morgan fingerprint density at radius 2 is 1.62 bits per heavy atom. The van der Waals surface area contributed by atoms with E-state index in [1.165, 1.54) is 16.7 Å². The first-order valence-corrected chi connectivity index (χ1v) is 10.1. The summed E-state index contributed by atoms with van der Waals surface area (Å²) < 4.78 is 5.40. The van der Waals surface area contributed by atoms with Crippen LogP contribution in [0.15, 0.2) is 82.0 Å². The fraction of sp³-hybridized carbons (Fsp3) is 0.160. The molecule has 146 valence electrons. The van der Waals surface area contributed by atoms with Crippen molar-refractivity contribution in [3.63, 3.8) is 0 Å². The minimum Gasteiger partial charge on any atom is -0.423 e. The number of aryl methyl sites for hydroxylation is 2. The molecule has 3 nitrogen and oxygen atoms in total. The number of hydrogen-bond acceptors (Lipinski definition) is 2. The van der Waals surface area contributed by atoms with Crippen molar-refractivity contribution in [2.75, 3.05) is 0 Å². The molecule has 4 aromatic rings. The molecule has 0 aliphatic carbocycles. The first kappa shape index (κ1) is 19.4. The normalized spacial score (nSPS) is 12.2. The van der Waals surface area contributed by atoms with Crippen molar-refractivity contribution >= 4 is 22.6 Å². The molecule has 4 heteroatoms. The van der Waals surface area contributed by atoms with Crippen LogP contribution in [-0.2, 0) is 6.54 Å². The first-order chi connectivity index (χ1) is 14.0. The van der Waals surface area contributed by atoms with E-state index >= 15 is 0 Å². The topological polar surface area (TPSA) is 46.8 Å². The summed E-state index contributed by atoms with van der Waals surface area (Å²) in [4.78, 5) is 12.1. The molecular weight excluding hydrogens is 382 g/mol. The minimum atomic E-state index is -0.339. The van der Waals surface area contributed by atoms with E-state index in [0.29, 0.717) is 17.2 Å². The fourth-order valence-corrected chi connectivity index (χ4v) is 3.82. The summed E-state index contributed by atoms with van der Waals surface area (Å²) in [6.07, 6.45) is 0. The number of benzene rings is 3. The molecule has 3 aromatic carbocycles. The Morgan fingerprint density at radius 1 is 0.931 bits per heavy atom. The Morgan fingerprint density at radius 3 is 2.34 bits per heavy atom. The van der Waals surface area contributed by atoms with Gasteiger partial charge in [-0.1, -0.05) is 71.8 Å². The van der Waals surface area contributed by atoms with E-state index in [2.05, 4.69) is 60.8 Å². The molecule has 4 rings (SSSR count). The zero-order valence-electron chi connectivity index (χ0n) is 16.5. The van der Waals surface area contributed by atoms with Gasteiger partial charge in [-0.15, -0.1) is 0 Å². The third kappa shape index (κ3) is 4.26. The van der Waals surface area contributed by atoms with Crippen LogP contribution in [0.2, 0.25) is 5.02 Å². The highest BCUT2D eigenvalue weighted by molar-refractivity contribution is 6.32. The average molecular weight is 405 g/mol. The number of fused-ring (bicyclic) bond motifs is 1. The smallest absolute Gasteiger partial charge is 0.336 e. The Kier molecular flexibility index (Phi) is 5.52. The van der Waals surface area contributed by atoms with Gasteiger partial charge in [-0.05, 0) is 31.5 Å². The van der Waals surface area contributed by atoms with Crippen molar-refractivity contribution in [2.24, 2.45) is 0 Å². The lowest BCUT2D eigenvalue weighted by atomic mass is 9.97. The van der Waals surface area contributed by atoms with Crippen molar-refractivity contribution in [1.29, 1.82) is 0 Å². The fourth-order valence-electron chi connectivity index (χ4n) is 3.66. The average Bonchev–Trinajstić information content (AvgIpc) is 2.71. The molecule has 1 aromatic heterocycles. The molecule has 0 aliphatic rings. The van der Waals surface area contributed by atoms with Crippen molar-refractivity contribution in [1.82, 2.24) is 0 Å². The van der Waals surface area contributed by atoms with Gasteiger partial charge in [0.1, 0.15) is 18.2 Å². The van der Waals surface area contributed by atoms with Gasteiger partial charge < -0.3 is 9.73 Å². The van der Waals surface area contributed by atoms with E-state index in [9.17, 15) is 4.79 Å². The Bertz CT molecular complexity index is 1200. The molecule has 0 fully saturated rings. The predicted octanol–water partition coefficient (Wildman–Crippen LogP) is 4.92. The quantitative estimate of drug-likeness (QED) is 0.480. The van der Waals surface area contributed by atoms with Crippen LogP contribution in [-0.4, -0.2) is 0 Å².